The van der Waals surface area contributed by atoms with E-state index >= 15 is 0 Å². The maximum absolute atomic E-state index is 6.52. The van der Waals surface area contributed by atoms with Crippen molar-refractivity contribution in [1.29, 1.82) is 0 Å². The van der Waals surface area contributed by atoms with Crippen molar-refractivity contribution in [3.8, 4) is 28.7 Å². The van der Waals surface area contributed by atoms with Gasteiger partial charge in [0.25, 0.3) is 0 Å². The van der Waals surface area contributed by atoms with Crippen LogP contribution in [0, 0.1) is 19.1 Å². The molecule has 0 unspecified atom stereocenters. The molecule has 2 aliphatic heterocycles. The van der Waals surface area contributed by atoms with Crippen LogP contribution in [0.25, 0.3) is 39.0 Å². The maximum Gasteiger partial charge on any atom is 2.00 e. The topological polar surface area (TPSA) is 48.1 Å². The standard InChI is InChI=1S/C38H30N5O.In.Pt/c1-25-8-7-9-26(20-25)24-42-33-15-13-28(22-32(33)37-40-18-19-41-37)44-29-12-14-31-30-10-5-6-11-34(30)43(35(31)23-29)36-21-27(16-17-39-36)38(2,3)4;;/h5-19,21H,24H2,1-4H3;;/q-4;2*+2. The Morgan fingerprint density at radius 3 is 2.54 bits per heavy atom. The van der Waals surface area contributed by atoms with Crippen molar-refractivity contribution in [2.45, 2.75) is 39.7 Å². The molecule has 6 nitrogen and oxygen atoms in total. The first-order chi connectivity index (χ1) is 21.8. The van der Waals surface area contributed by atoms with E-state index in [9.17, 15) is 0 Å². The summed E-state index contributed by atoms with van der Waals surface area (Å²) in [5.41, 5.74) is 8.31. The molecule has 0 saturated carbocycles. The van der Waals surface area contributed by atoms with Gasteiger partial charge in [0, 0.05) is 6.20 Å². The minimum Gasteiger partial charge on any atom is 2.00 e. The quantitative estimate of drug-likeness (QED) is 0.172. The van der Waals surface area contributed by atoms with E-state index in [2.05, 4.69) is 123 Å². The molecule has 5 heterocycles. The van der Waals surface area contributed by atoms with Crippen LogP contribution in [0.2, 0.25) is 0 Å². The van der Waals surface area contributed by atoms with E-state index in [-0.39, 0.29) is 26.5 Å². The molecule has 4 aromatic carbocycles. The molecule has 0 atom stereocenters. The van der Waals surface area contributed by atoms with Gasteiger partial charge in [0.05, 0.1) is 0 Å². The number of hydrogen-bond acceptors (Lipinski definition) is 4. The molecule has 7 aromatic rings. The first kappa shape index (κ1) is 29.6. The molecule has 0 amide bonds. The fourth-order valence-electron chi connectivity index (χ4n) is 7.12. The maximum atomic E-state index is 6.52. The second kappa shape index (κ2) is 10.9. The van der Waals surface area contributed by atoms with Crippen molar-refractivity contribution in [1.82, 2.24) is 17.1 Å². The molecule has 0 fully saturated rings. The van der Waals surface area contributed by atoms with Crippen molar-refractivity contribution in [3.05, 3.63) is 126 Å². The zero-order chi connectivity index (χ0) is 30.4. The Labute approximate surface area is 291 Å². The van der Waals surface area contributed by atoms with Crippen LogP contribution in [-0.4, -0.2) is 39.1 Å². The molecule has 0 N–H and O–H groups in total. The van der Waals surface area contributed by atoms with Crippen LogP contribution in [0.5, 0.6) is 11.5 Å². The normalized spacial score (nSPS) is 13.3. The Bertz CT molecular complexity index is 2320. The molecule has 0 radical (unpaired) electrons. The fraction of sp³-hybridized carbons (Fsp3) is 0.158. The van der Waals surface area contributed by atoms with Crippen LogP contribution in [0.15, 0.2) is 97.5 Å². The number of aryl methyl sites for hydroxylation is 1. The van der Waals surface area contributed by atoms with Crippen LogP contribution >= 0.6 is 0 Å². The monoisotopic (exact) mass is 882 g/mol. The summed E-state index contributed by atoms with van der Waals surface area (Å²) in [6, 6.07) is 35.0. The van der Waals surface area contributed by atoms with Crippen molar-refractivity contribution in [2.75, 3.05) is 2.89 Å². The van der Waals surface area contributed by atoms with Gasteiger partial charge in [-0.25, -0.2) is 0 Å². The number of anilines is 1. The van der Waals surface area contributed by atoms with Gasteiger partial charge in [-0.15, -0.1) is 0 Å². The molecular weight excluding hydrogens is 852 g/mol. The molecule has 2 aliphatic rings. The number of fused-ring (bicyclic) bond motifs is 11. The van der Waals surface area contributed by atoms with Crippen LogP contribution in [-0.2, 0) is 33.0 Å². The zero-order valence-electron chi connectivity index (χ0n) is 26.0. The third-order valence-corrected chi connectivity index (χ3v) is 18.8. The summed E-state index contributed by atoms with van der Waals surface area (Å²) in [6.45, 7) is 9.87. The van der Waals surface area contributed by atoms with Gasteiger partial charge in [-0.1, -0.05) is 32.9 Å². The van der Waals surface area contributed by atoms with Gasteiger partial charge in [-0.2, -0.15) is 0 Å². The van der Waals surface area contributed by atoms with E-state index in [4.69, 9.17) is 14.7 Å². The summed E-state index contributed by atoms with van der Waals surface area (Å²) in [5, 5.41) is 2.27. The predicted molar refractivity (Wildman–Crippen MR) is 181 cm³/mol. The fourth-order valence-corrected chi connectivity index (χ4v) is 16.9. The van der Waals surface area contributed by atoms with Gasteiger partial charge < -0.3 is 0 Å². The molecule has 3 aromatic heterocycles. The SMILES string of the molecule is Cc1cccc2[c]1[In]1[N](C2)c2ccc(Oc3[c-]c4c(cc3)c3ccccc3n4-c3cc(C(C)(C)C)ccn3)[c-]c2-c2ncc[n]21.[Pt+2]. The first-order valence-electron chi connectivity index (χ1n) is 15.4. The van der Waals surface area contributed by atoms with Crippen LogP contribution in [0.1, 0.15) is 37.5 Å². The Balaban J connectivity index is 0.00000312. The van der Waals surface area contributed by atoms with Gasteiger partial charge >= 0.3 is 237 Å². The summed E-state index contributed by atoms with van der Waals surface area (Å²) in [5.74, 6) is 3.15. The van der Waals surface area contributed by atoms with Crippen LogP contribution < -0.4 is 10.9 Å². The third-order valence-electron chi connectivity index (χ3n) is 9.29. The second-order valence-corrected chi connectivity index (χ2v) is 20.2. The van der Waals surface area contributed by atoms with E-state index in [1.54, 1.807) is 3.32 Å². The minimum atomic E-state index is -2.58. The molecule has 0 aliphatic carbocycles. The Morgan fingerprint density at radius 2 is 1.67 bits per heavy atom. The van der Waals surface area contributed by atoms with Crippen molar-refractivity contribution in [2.24, 2.45) is 0 Å². The summed E-state index contributed by atoms with van der Waals surface area (Å²) in [6.07, 6.45) is 6.00. The first-order valence-corrected chi connectivity index (χ1v) is 20.0. The zero-order valence-corrected chi connectivity index (χ0v) is 31.6. The molecule has 226 valence electrons. The molecule has 0 spiro atoms. The summed E-state index contributed by atoms with van der Waals surface area (Å²) in [7, 11) is 0. The number of pyridine rings is 1. The molecular formula is C38H30InN5OPt. The van der Waals surface area contributed by atoms with Crippen molar-refractivity contribution >= 4 is 52.8 Å². The molecule has 0 saturated heterocycles. The number of para-hydroxylation sites is 1. The number of benzene rings is 4. The van der Waals surface area contributed by atoms with Crippen molar-refractivity contribution < 1.29 is 25.8 Å². The number of aromatic nitrogens is 4. The summed E-state index contributed by atoms with van der Waals surface area (Å²) in [4.78, 5) is 9.64. The van der Waals surface area contributed by atoms with Gasteiger partial charge in [0.1, 0.15) is 0 Å². The number of ether oxygens (including phenoxy) is 1. The van der Waals surface area contributed by atoms with E-state index in [0.717, 1.165) is 45.6 Å². The van der Waals surface area contributed by atoms with Crippen LogP contribution in [0.4, 0.5) is 5.69 Å². The molecule has 0 bridgehead atoms. The Kier molecular flexibility index (Phi) is 7.00. The smallest absolute Gasteiger partial charge is 2.00 e. The van der Waals surface area contributed by atoms with Gasteiger partial charge in [-0.3, -0.25) is 0 Å². The molecule has 8 heteroatoms. The molecule has 46 heavy (non-hydrogen) atoms. The number of imidazole rings is 1. The van der Waals surface area contributed by atoms with E-state index in [0.29, 0.717) is 11.5 Å². The minimum absolute atomic E-state index is 0. The average molecular weight is 883 g/mol. The summed E-state index contributed by atoms with van der Waals surface area (Å²) >= 11 is -2.58. The van der Waals surface area contributed by atoms with Gasteiger partial charge in [0.15, 0.2) is 0 Å². The number of rotatable bonds is 3. The van der Waals surface area contributed by atoms with E-state index < -0.39 is 22.0 Å². The third kappa shape index (κ3) is 4.50. The van der Waals surface area contributed by atoms with E-state index in [1.165, 1.54) is 22.4 Å². The summed E-state index contributed by atoms with van der Waals surface area (Å²) < 4.78 is 15.4. The van der Waals surface area contributed by atoms with Crippen molar-refractivity contribution in [3.63, 3.8) is 0 Å². The molecule has 9 rings (SSSR count). The number of nitrogens with zero attached hydrogens (tertiary/aromatic N) is 5. The Hall–Kier alpha value is -3.80. The van der Waals surface area contributed by atoms with Crippen LogP contribution in [0.3, 0.4) is 0 Å². The average Bonchev–Trinajstić information content (AvgIpc) is 3.75. The number of hydrogen-bond donors (Lipinski definition) is 0. The Morgan fingerprint density at radius 1 is 0.848 bits per heavy atom. The van der Waals surface area contributed by atoms with Gasteiger partial charge in [-0.05, 0) is 17.0 Å². The van der Waals surface area contributed by atoms with E-state index in [1.807, 2.05) is 24.5 Å². The second-order valence-electron chi connectivity index (χ2n) is 13.1. The van der Waals surface area contributed by atoms with Gasteiger partial charge in [0.2, 0.25) is 0 Å². The predicted octanol–water partition coefficient (Wildman–Crippen LogP) is 7.62. The largest absolute Gasteiger partial charge is 2.00 e.